The molecule has 1 aromatic carbocycles. The van der Waals surface area contributed by atoms with Crippen LogP contribution in [0.4, 0.5) is 0 Å². The lowest BCUT2D eigenvalue weighted by atomic mass is 9.59. The number of Topliss-reactive ketones (excluding diaryl/α,β-unsaturated/α-hetero) is 1. The van der Waals surface area contributed by atoms with E-state index in [0.717, 1.165) is 29.7 Å². The fourth-order valence-electron chi connectivity index (χ4n) is 4.04. The number of ether oxygens (including phenoxy) is 1. The van der Waals surface area contributed by atoms with Crippen LogP contribution in [0.5, 0.6) is 0 Å². The van der Waals surface area contributed by atoms with Gasteiger partial charge in [-0.3, -0.25) is 4.79 Å². The summed E-state index contributed by atoms with van der Waals surface area (Å²) >= 11 is 0. The molecular weight excluding hydrogens is 260 g/mol. The Morgan fingerprint density at radius 1 is 1.33 bits per heavy atom. The van der Waals surface area contributed by atoms with E-state index in [0.29, 0.717) is 6.61 Å². The standard InChI is InChI=1S/C19H18O2/c1-3-12-8-10-19(2)16-13(12)9-11-21-17(16)14-6-4-5-7-15(14)18(19)20/h3-8,13H,1,9-11H2,2H3/t13-,19+/m1/s1. The first kappa shape index (κ1) is 12.6. The third kappa shape index (κ3) is 1.50. The van der Waals surface area contributed by atoms with Crippen molar-refractivity contribution in [2.75, 3.05) is 6.61 Å². The molecule has 2 aliphatic carbocycles. The van der Waals surface area contributed by atoms with Crippen molar-refractivity contribution in [3.8, 4) is 0 Å². The van der Waals surface area contributed by atoms with Gasteiger partial charge in [0.05, 0.1) is 12.0 Å². The van der Waals surface area contributed by atoms with Gasteiger partial charge in [0.15, 0.2) is 5.78 Å². The molecule has 3 aliphatic rings. The summed E-state index contributed by atoms with van der Waals surface area (Å²) in [5, 5.41) is 0. The average molecular weight is 278 g/mol. The largest absolute Gasteiger partial charge is 0.493 e. The van der Waals surface area contributed by atoms with Crippen molar-refractivity contribution in [1.82, 2.24) is 0 Å². The van der Waals surface area contributed by atoms with Gasteiger partial charge >= 0.3 is 0 Å². The number of allylic oxidation sites excluding steroid dienone is 4. The Labute approximate surface area is 124 Å². The molecule has 0 amide bonds. The van der Waals surface area contributed by atoms with Gasteiger partial charge in [0.2, 0.25) is 0 Å². The summed E-state index contributed by atoms with van der Waals surface area (Å²) in [5.74, 6) is 1.45. The van der Waals surface area contributed by atoms with Gasteiger partial charge in [-0.25, -0.2) is 0 Å². The number of fused-ring (bicyclic) bond motifs is 2. The molecule has 2 atom stereocenters. The molecule has 0 bridgehead atoms. The third-order valence-electron chi connectivity index (χ3n) is 5.14. The molecule has 106 valence electrons. The Bertz CT molecular complexity index is 723. The van der Waals surface area contributed by atoms with E-state index >= 15 is 0 Å². The molecule has 0 saturated carbocycles. The molecule has 0 unspecified atom stereocenters. The summed E-state index contributed by atoms with van der Waals surface area (Å²) in [6.45, 7) is 6.71. The van der Waals surface area contributed by atoms with Crippen LogP contribution in [-0.2, 0) is 4.74 Å². The van der Waals surface area contributed by atoms with Crippen LogP contribution in [0.15, 0.2) is 54.1 Å². The second-order valence-corrected chi connectivity index (χ2v) is 6.25. The van der Waals surface area contributed by atoms with Crippen molar-refractivity contribution in [2.24, 2.45) is 11.3 Å². The lowest BCUT2D eigenvalue weighted by Crippen LogP contribution is -2.42. The van der Waals surface area contributed by atoms with E-state index in [9.17, 15) is 4.79 Å². The van der Waals surface area contributed by atoms with E-state index in [1.54, 1.807) is 0 Å². The topological polar surface area (TPSA) is 26.3 Å². The van der Waals surface area contributed by atoms with E-state index in [-0.39, 0.29) is 11.7 Å². The van der Waals surface area contributed by atoms with Crippen molar-refractivity contribution < 1.29 is 9.53 Å². The first-order chi connectivity index (χ1) is 10.2. The minimum atomic E-state index is -0.457. The van der Waals surface area contributed by atoms with E-state index < -0.39 is 5.41 Å². The molecule has 1 aliphatic heterocycles. The van der Waals surface area contributed by atoms with Crippen LogP contribution in [-0.4, -0.2) is 12.4 Å². The zero-order valence-corrected chi connectivity index (χ0v) is 12.2. The van der Waals surface area contributed by atoms with Gasteiger partial charge in [-0.2, -0.15) is 0 Å². The fraction of sp³-hybridized carbons (Fsp3) is 0.316. The molecule has 1 aromatic rings. The van der Waals surface area contributed by atoms with Crippen LogP contribution in [0.2, 0.25) is 0 Å². The van der Waals surface area contributed by atoms with Crippen LogP contribution in [0.1, 0.15) is 35.7 Å². The lowest BCUT2D eigenvalue weighted by molar-refractivity contribution is 0.0815. The number of carbonyl (C=O) groups excluding carboxylic acids is 1. The zero-order chi connectivity index (χ0) is 14.6. The van der Waals surface area contributed by atoms with E-state index in [1.165, 1.54) is 11.1 Å². The Balaban J connectivity index is 2.05. The molecular formula is C19H18O2. The predicted octanol–water partition coefficient (Wildman–Crippen LogP) is 4.15. The number of rotatable bonds is 1. The molecule has 0 N–H and O–H groups in total. The molecule has 2 nitrogen and oxygen atoms in total. The second kappa shape index (κ2) is 4.20. The number of benzene rings is 1. The molecule has 4 rings (SSSR count). The summed E-state index contributed by atoms with van der Waals surface area (Å²) in [6.07, 6.45) is 5.79. The molecule has 0 fully saturated rings. The first-order valence-electron chi connectivity index (χ1n) is 7.51. The lowest BCUT2D eigenvalue weighted by Gasteiger charge is -2.45. The molecule has 0 saturated heterocycles. The maximum Gasteiger partial charge on any atom is 0.173 e. The summed E-state index contributed by atoms with van der Waals surface area (Å²) in [5.41, 5.74) is 3.73. The van der Waals surface area contributed by atoms with Crippen LogP contribution >= 0.6 is 0 Å². The van der Waals surface area contributed by atoms with Gasteiger partial charge in [0.1, 0.15) is 5.76 Å². The number of carbonyl (C=O) groups is 1. The number of hydrogen-bond donors (Lipinski definition) is 0. The van der Waals surface area contributed by atoms with Gasteiger partial charge in [-0.05, 0) is 30.9 Å². The van der Waals surface area contributed by atoms with E-state index in [1.807, 2.05) is 30.3 Å². The van der Waals surface area contributed by atoms with Crippen LogP contribution in [0.25, 0.3) is 5.76 Å². The van der Waals surface area contributed by atoms with Gasteiger partial charge in [0, 0.05) is 17.0 Å². The van der Waals surface area contributed by atoms with Gasteiger partial charge in [0.25, 0.3) is 0 Å². The van der Waals surface area contributed by atoms with Gasteiger partial charge < -0.3 is 4.74 Å². The minimum absolute atomic E-state index is 0.228. The summed E-state index contributed by atoms with van der Waals surface area (Å²) in [7, 11) is 0. The molecule has 0 radical (unpaired) electrons. The fourth-order valence-corrected chi connectivity index (χ4v) is 4.04. The summed E-state index contributed by atoms with van der Waals surface area (Å²) < 4.78 is 6.02. The molecule has 0 aromatic heterocycles. The number of hydrogen-bond acceptors (Lipinski definition) is 2. The van der Waals surface area contributed by atoms with Crippen LogP contribution < -0.4 is 0 Å². The van der Waals surface area contributed by atoms with Gasteiger partial charge in [-0.1, -0.05) is 43.0 Å². The third-order valence-corrected chi connectivity index (χ3v) is 5.14. The average Bonchev–Trinajstić information content (AvgIpc) is 2.53. The van der Waals surface area contributed by atoms with E-state index in [4.69, 9.17) is 4.74 Å². The van der Waals surface area contributed by atoms with E-state index in [2.05, 4.69) is 19.6 Å². The van der Waals surface area contributed by atoms with Crippen molar-refractivity contribution in [3.05, 3.63) is 65.3 Å². The smallest absolute Gasteiger partial charge is 0.173 e. The number of ketones is 1. The summed E-state index contributed by atoms with van der Waals surface area (Å²) in [4.78, 5) is 13.1. The normalized spacial score (nSPS) is 30.0. The molecule has 2 heteroatoms. The van der Waals surface area contributed by atoms with Crippen LogP contribution in [0, 0.1) is 11.3 Å². The second-order valence-electron chi connectivity index (χ2n) is 6.25. The first-order valence-corrected chi connectivity index (χ1v) is 7.51. The van der Waals surface area contributed by atoms with Crippen molar-refractivity contribution in [1.29, 1.82) is 0 Å². The van der Waals surface area contributed by atoms with Crippen molar-refractivity contribution in [2.45, 2.75) is 19.8 Å². The summed E-state index contributed by atoms with van der Waals surface area (Å²) in [6, 6.07) is 7.83. The Kier molecular flexibility index (Phi) is 2.53. The maximum absolute atomic E-state index is 13.1. The van der Waals surface area contributed by atoms with Gasteiger partial charge in [-0.15, -0.1) is 0 Å². The Morgan fingerprint density at radius 2 is 2.10 bits per heavy atom. The predicted molar refractivity (Wildman–Crippen MR) is 82.8 cm³/mol. The Hall–Kier alpha value is -2.09. The molecule has 1 heterocycles. The highest BCUT2D eigenvalue weighted by molar-refractivity contribution is 6.09. The molecule has 0 spiro atoms. The highest BCUT2D eigenvalue weighted by atomic mass is 16.5. The highest BCUT2D eigenvalue weighted by Crippen LogP contribution is 2.55. The quantitative estimate of drug-likeness (QED) is 0.771. The minimum Gasteiger partial charge on any atom is -0.493 e. The maximum atomic E-state index is 13.1. The monoisotopic (exact) mass is 278 g/mol. The highest BCUT2D eigenvalue weighted by Gasteiger charge is 2.50. The van der Waals surface area contributed by atoms with Crippen molar-refractivity contribution in [3.63, 3.8) is 0 Å². The van der Waals surface area contributed by atoms with Crippen LogP contribution in [0.3, 0.4) is 0 Å². The van der Waals surface area contributed by atoms with Crippen molar-refractivity contribution >= 4 is 11.5 Å². The molecule has 21 heavy (non-hydrogen) atoms. The zero-order valence-electron chi connectivity index (χ0n) is 12.2. The SMILES string of the molecule is C=CC1=CC[C@]2(C)C(=O)c3ccccc3C3=C2[C@@H]1CCO3. The Morgan fingerprint density at radius 3 is 2.86 bits per heavy atom.